The maximum Gasteiger partial charge on any atom is 1.00 e. The number of para-hydroxylation sites is 2. The number of carbonyl (C=O) groups excluding carboxylic acids is 1. The molecule has 0 saturated heterocycles. The molecule has 2 aromatic rings. The van der Waals surface area contributed by atoms with Gasteiger partial charge in [0.2, 0.25) is 0 Å². The number of anilines is 1. The second kappa shape index (κ2) is 9.86. The zero-order valence-corrected chi connectivity index (χ0v) is 17.3. The van der Waals surface area contributed by atoms with E-state index in [0.29, 0.717) is 19.6 Å². The van der Waals surface area contributed by atoms with Gasteiger partial charge in [0.15, 0.2) is 0 Å². The summed E-state index contributed by atoms with van der Waals surface area (Å²) in [6.07, 6.45) is 0.465. The van der Waals surface area contributed by atoms with Crippen molar-refractivity contribution in [2.24, 2.45) is 5.92 Å². The Kier molecular flexibility index (Phi) is 7.82. The van der Waals surface area contributed by atoms with Gasteiger partial charge in [-0.1, -0.05) is 31.2 Å². The number of carbonyl (C=O) groups is 1. The van der Waals surface area contributed by atoms with Gasteiger partial charge in [-0.3, -0.25) is 0 Å². The Balaban J connectivity index is 0.00000243. The summed E-state index contributed by atoms with van der Waals surface area (Å²) in [6.45, 7) is 4.54. The van der Waals surface area contributed by atoms with Crippen LogP contribution in [0.15, 0.2) is 48.5 Å². The summed E-state index contributed by atoms with van der Waals surface area (Å²) < 4.78 is 11.5. The number of benzene rings is 2. The van der Waals surface area contributed by atoms with Crippen LogP contribution in [0.5, 0.6) is 11.5 Å². The van der Waals surface area contributed by atoms with Crippen LogP contribution in [0, 0.1) is 5.92 Å². The van der Waals surface area contributed by atoms with E-state index in [1.807, 2.05) is 42.5 Å². The van der Waals surface area contributed by atoms with Crippen molar-refractivity contribution in [1.29, 1.82) is 0 Å². The number of hydrogen-bond acceptors (Lipinski definition) is 5. The number of aliphatic carboxylic acids is 1. The molecule has 6 heteroatoms. The van der Waals surface area contributed by atoms with Gasteiger partial charge in [-0.15, -0.1) is 0 Å². The normalized spacial score (nSPS) is 13.8. The average molecular weight is 363 g/mol. The number of hydrogen-bond donors (Lipinski definition) is 0. The first-order chi connectivity index (χ1) is 12.1. The van der Waals surface area contributed by atoms with E-state index in [9.17, 15) is 9.90 Å². The monoisotopic (exact) mass is 363 g/mol. The minimum atomic E-state index is -1.02. The van der Waals surface area contributed by atoms with Crippen LogP contribution in [-0.4, -0.2) is 32.3 Å². The van der Waals surface area contributed by atoms with Gasteiger partial charge in [0.05, 0.1) is 18.8 Å². The van der Waals surface area contributed by atoms with E-state index in [-0.39, 0.29) is 29.6 Å². The Bertz CT molecular complexity index is 720. The summed E-state index contributed by atoms with van der Waals surface area (Å²) >= 11 is 0. The van der Waals surface area contributed by atoms with E-state index >= 15 is 0 Å². The molecule has 3 rings (SSSR count). The first kappa shape index (κ1) is 20.6. The zero-order valence-electron chi connectivity index (χ0n) is 15.3. The molecule has 0 fully saturated rings. The van der Waals surface area contributed by atoms with Crippen molar-refractivity contribution in [3.05, 3.63) is 54.1 Å². The van der Waals surface area contributed by atoms with Crippen LogP contribution in [-0.2, 0) is 11.2 Å². The van der Waals surface area contributed by atoms with Crippen LogP contribution >= 0.6 is 0 Å². The third-order valence-corrected chi connectivity index (χ3v) is 4.32. The third kappa shape index (κ3) is 5.40. The van der Waals surface area contributed by atoms with Gasteiger partial charge in [0.1, 0.15) is 24.7 Å². The smallest absolute Gasteiger partial charge is 0.550 e. The molecule has 0 spiro atoms. The summed E-state index contributed by atoms with van der Waals surface area (Å²) in [5, 5.41) is 10.8. The van der Waals surface area contributed by atoms with Crippen molar-refractivity contribution in [3.8, 4) is 11.5 Å². The van der Waals surface area contributed by atoms with Crippen molar-refractivity contribution in [1.82, 2.24) is 0 Å². The van der Waals surface area contributed by atoms with Crippen molar-refractivity contribution in [3.63, 3.8) is 0 Å². The summed E-state index contributed by atoms with van der Waals surface area (Å²) in [5.74, 6) is 0.186. The van der Waals surface area contributed by atoms with Gasteiger partial charge in [0, 0.05) is 5.97 Å². The Morgan fingerprint density at radius 1 is 1.23 bits per heavy atom. The topological polar surface area (TPSA) is 61.8 Å². The molecule has 0 N–H and O–H groups in total. The summed E-state index contributed by atoms with van der Waals surface area (Å²) in [5.41, 5.74) is 2.06. The van der Waals surface area contributed by atoms with E-state index < -0.39 is 11.9 Å². The van der Waals surface area contributed by atoms with E-state index in [2.05, 4.69) is 11.0 Å². The molecule has 1 unspecified atom stereocenters. The fourth-order valence-electron chi connectivity index (χ4n) is 2.89. The number of nitrogens with zero attached hydrogens (tertiary/aromatic N) is 1. The quantitative estimate of drug-likeness (QED) is 0.585. The predicted octanol–water partition coefficient (Wildman–Crippen LogP) is -1.10. The maximum absolute atomic E-state index is 10.8. The minimum Gasteiger partial charge on any atom is -0.550 e. The van der Waals surface area contributed by atoms with Gasteiger partial charge in [-0.05, 0) is 42.2 Å². The molecule has 0 radical (unpaired) electrons. The van der Waals surface area contributed by atoms with E-state index in [0.717, 1.165) is 35.8 Å². The van der Waals surface area contributed by atoms with Crippen molar-refractivity contribution < 1.29 is 48.9 Å². The van der Waals surface area contributed by atoms with Gasteiger partial charge in [-0.25, -0.2) is 0 Å². The zero-order chi connectivity index (χ0) is 17.6. The molecule has 1 aliphatic rings. The molecular weight excluding hydrogens is 341 g/mol. The molecule has 0 aliphatic carbocycles. The van der Waals surface area contributed by atoms with Gasteiger partial charge in [-0.2, -0.15) is 0 Å². The summed E-state index contributed by atoms with van der Waals surface area (Å²) in [7, 11) is 0. The number of carboxylic acids is 1. The van der Waals surface area contributed by atoms with E-state index in [1.165, 1.54) is 0 Å². The second-order valence-corrected chi connectivity index (χ2v) is 6.22. The average Bonchev–Trinajstić information content (AvgIpc) is 2.63. The molecule has 0 bridgehead atoms. The number of ether oxygens (including phenoxy) is 2. The first-order valence-corrected chi connectivity index (χ1v) is 8.53. The van der Waals surface area contributed by atoms with Crippen molar-refractivity contribution in [2.45, 2.75) is 13.3 Å². The molecule has 26 heavy (non-hydrogen) atoms. The third-order valence-electron chi connectivity index (χ3n) is 4.32. The van der Waals surface area contributed by atoms with Crippen LogP contribution < -0.4 is 49.0 Å². The standard InChI is InChI=1S/C20H23NO4.Na/c1-15(20(22)23)14-16-6-8-17(9-7-16)24-12-10-21-11-13-25-19-5-3-2-4-18(19)21;/h2-9,15H,10-14H2,1H3,(H,22,23);/q;+1/p-1. The SMILES string of the molecule is CC(Cc1ccc(OCCN2CCOc3ccccc32)cc1)C(=O)[O-].[Na+]. The van der Waals surface area contributed by atoms with Gasteiger partial charge >= 0.3 is 29.6 Å². The predicted molar refractivity (Wildman–Crippen MR) is 94.0 cm³/mol. The van der Waals surface area contributed by atoms with Crippen LogP contribution in [0.4, 0.5) is 5.69 Å². The molecule has 2 aromatic carbocycles. The fourth-order valence-corrected chi connectivity index (χ4v) is 2.89. The molecule has 0 saturated carbocycles. The van der Waals surface area contributed by atoms with Gasteiger partial charge in [0.25, 0.3) is 0 Å². The van der Waals surface area contributed by atoms with Crippen LogP contribution in [0.3, 0.4) is 0 Å². The van der Waals surface area contributed by atoms with Crippen LogP contribution in [0.2, 0.25) is 0 Å². The molecule has 1 heterocycles. The van der Waals surface area contributed by atoms with Crippen LogP contribution in [0.1, 0.15) is 12.5 Å². The Hall–Kier alpha value is -1.69. The Morgan fingerprint density at radius 2 is 1.96 bits per heavy atom. The molecule has 1 atom stereocenters. The summed E-state index contributed by atoms with van der Waals surface area (Å²) in [6, 6.07) is 15.6. The molecule has 1 aliphatic heterocycles. The fraction of sp³-hybridized carbons (Fsp3) is 0.350. The van der Waals surface area contributed by atoms with Crippen molar-refractivity contribution in [2.75, 3.05) is 31.2 Å². The van der Waals surface area contributed by atoms with Crippen LogP contribution in [0.25, 0.3) is 0 Å². The largest absolute Gasteiger partial charge is 1.00 e. The van der Waals surface area contributed by atoms with E-state index in [4.69, 9.17) is 9.47 Å². The summed E-state index contributed by atoms with van der Waals surface area (Å²) in [4.78, 5) is 13.1. The second-order valence-electron chi connectivity index (χ2n) is 6.22. The van der Waals surface area contributed by atoms with E-state index in [1.54, 1.807) is 6.92 Å². The Morgan fingerprint density at radius 3 is 2.69 bits per heavy atom. The maximum atomic E-state index is 10.8. The Labute approximate surface area is 176 Å². The molecule has 132 valence electrons. The molecule has 0 aromatic heterocycles. The molecular formula is C20H22NNaO4. The van der Waals surface area contributed by atoms with Crippen molar-refractivity contribution >= 4 is 11.7 Å². The molecule has 0 amide bonds. The minimum absolute atomic E-state index is 0. The number of carboxylic acid groups (broad SMARTS) is 1. The number of fused-ring (bicyclic) bond motifs is 1. The molecule has 5 nitrogen and oxygen atoms in total. The first-order valence-electron chi connectivity index (χ1n) is 8.53. The number of rotatable bonds is 7. The van der Waals surface area contributed by atoms with Gasteiger partial charge < -0.3 is 24.3 Å².